The first-order chi connectivity index (χ1) is 24.9. The van der Waals surface area contributed by atoms with Crippen LogP contribution in [0.2, 0.25) is 0 Å². The lowest BCUT2D eigenvalue weighted by Crippen LogP contribution is -2.28. The normalized spacial score (nSPS) is 14.0. The molecule has 0 fully saturated rings. The van der Waals surface area contributed by atoms with Crippen molar-refractivity contribution in [1.82, 2.24) is 0 Å². The molecule has 0 aromatic carbocycles. The Bertz CT molecular complexity index is 921. The second kappa shape index (κ2) is 39.7. The standard InChI is InChI=1S/C42H78NO7P/c1-3-5-7-9-11-13-15-17-19-21-23-25-27-29-31-33-35-42(44)50-41(40-49-51(45,46)48-38-36-43)39-47-37-34-32-30-28-26-24-22-20-18-16-14-12-10-8-6-4-2/h6,8,12,14,18,20,24,26,41H,3-5,7,9-11,13,15-17,19,21-23,25,27-40,43H2,1-2H3,(H,45,46)/b8-6-,14-12-,20-18-,26-24-. The van der Waals surface area contributed by atoms with Crippen LogP contribution >= 0.6 is 7.82 Å². The van der Waals surface area contributed by atoms with Crippen LogP contribution in [0.3, 0.4) is 0 Å². The van der Waals surface area contributed by atoms with Crippen LogP contribution < -0.4 is 5.73 Å². The lowest BCUT2D eigenvalue weighted by molar-refractivity contribution is -0.154. The Kier molecular flexibility index (Phi) is 38.5. The molecule has 0 bridgehead atoms. The molecule has 9 heteroatoms. The van der Waals surface area contributed by atoms with Gasteiger partial charge in [-0.15, -0.1) is 0 Å². The van der Waals surface area contributed by atoms with E-state index in [0.717, 1.165) is 70.6 Å². The third-order valence-electron chi connectivity index (χ3n) is 8.51. The minimum absolute atomic E-state index is 0.0943. The fourth-order valence-electron chi connectivity index (χ4n) is 5.52. The molecular weight excluding hydrogens is 661 g/mol. The zero-order valence-corrected chi connectivity index (χ0v) is 33.7. The summed E-state index contributed by atoms with van der Waals surface area (Å²) in [6, 6.07) is 0. The molecule has 0 saturated carbocycles. The van der Waals surface area contributed by atoms with Gasteiger partial charge in [0.05, 0.1) is 19.8 Å². The van der Waals surface area contributed by atoms with Gasteiger partial charge >= 0.3 is 13.8 Å². The topological polar surface area (TPSA) is 117 Å². The Hall–Kier alpha value is -1.54. The van der Waals surface area contributed by atoms with Crippen molar-refractivity contribution in [2.75, 3.05) is 33.0 Å². The van der Waals surface area contributed by atoms with Gasteiger partial charge in [0.2, 0.25) is 0 Å². The fourth-order valence-corrected chi connectivity index (χ4v) is 6.28. The molecule has 8 nitrogen and oxygen atoms in total. The Morgan fingerprint density at radius 3 is 1.63 bits per heavy atom. The number of hydrogen-bond donors (Lipinski definition) is 2. The zero-order valence-electron chi connectivity index (χ0n) is 32.8. The van der Waals surface area contributed by atoms with Gasteiger partial charge in [-0.25, -0.2) is 4.57 Å². The van der Waals surface area contributed by atoms with Crippen molar-refractivity contribution in [3.63, 3.8) is 0 Å². The van der Waals surface area contributed by atoms with Crippen molar-refractivity contribution in [1.29, 1.82) is 0 Å². The van der Waals surface area contributed by atoms with Crippen molar-refractivity contribution in [2.24, 2.45) is 5.73 Å². The van der Waals surface area contributed by atoms with Crippen molar-refractivity contribution < 1.29 is 32.8 Å². The van der Waals surface area contributed by atoms with E-state index in [-0.39, 0.29) is 32.3 Å². The minimum Gasteiger partial charge on any atom is -0.457 e. The lowest BCUT2D eigenvalue weighted by atomic mass is 10.0. The molecule has 298 valence electrons. The van der Waals surface area contributed by atoms with Gasteiger partial charge in [0.1, 0.15) is 6.10 Å². The Morgan fingerprint density at radius 1 is 0.608 bits per heavy atom. The molecule has 2 unspecified atom stereocenters. The van der Waals surface area contributed by atoms with Crippen molar-refractivity contribution >= 4 is 13.8 Å². The summed E-state index contributed by atoms with van der Waals surface area (Å²) in [5.41, 5.74) is 5.36. The van der Waals surface area contributed by atoms with Crippen molar-refractivity contribution in [3.05, 3.63) is 48.6 Å². The monoisotopic (exact) mass is 740 g/mol. The second-order valence-electron chi connectivity index (χ2n) is 13.5. The van der Waals surface area contributed by atoms with Gasteiger partial charge in [0.15, 0.2) is 0 Å². The molecule has 0 aliphatic rings. The van der Waals surface area contributed by atoms with E-state index in [0.29, 0.717) is 13.0 Å². The maximum atomic E-state index is 12.6. The molecule has 0 spiro atoms. The molecule has 0 aliphatic carbocycles. The Balaban J connectivity index is 4.10. The molecule has 0 rings (SSSR count). The molecule has 3 N–H and O–H groups in total. The maximum Gasteiger partial charge on any atom is 0.472 e. The van der Waals surface area contributed by atoms with Crippen LogP contribution in [0.5, 0.6) is 0 Å². The summed E-state index contributed by atoms with van der Waals surface area (Å²) in [4.78, 5) is 22.4. The molecule has 0 aromatic heterocycles. The predicted octanol–water partition coefficient (Wildman–Crippen LogP) is 12.0. The molecular formula is C42H78NO7P. The SMILES string of the molecule is CC/C=C\C/C=C\C/C=C\C/C=C\CCCCCOCC(COP(=O)(O)OCCN)OC(=O)CCCCCCCCCCCCCCCCCC. The van der Waals surface area contributed by atoms with E-state index in [4.69, 9.17) is 24.3 Å². The minimum atomic E-state index is -4.28. The van der Waals surface area contributed by atoms with Crippen LogP contribution in [0.4, 0.5) is 0 Å². The highest BCUT2D eigenvalue weighted by Crippen LogP contribution is 2.43. The molecule has 0 radical (unpaired) electrons. The van der Waals surface area contributed by atoms with Gasteiger partial charge < -0.3 is 20.1 Å². The number of allylic oxidation sites excluding steroid dienone is 8. The lowest BCUT2D eigenvalue weighted by Gasteiger charge is -2.20. The number of phosphoric acid groups is 1. The number of carbonyl (C=O) groups excluding carboxylic acids is 1. The van der Waals surface area contributed by atoms with Crippen LogP contribution in [0.15, 0.2) is 48.6 Å². The number of nitrogens with two attached hydrogens (primary N) is 1. The van der Waals surface area contributed by atoms with Gasteiger partial charge in [-0.2, -0.15) is 0 Å². The molecule has 0 aliphatic heterocycles. The summed E-state index contributed by atoms with van der Waals surface area (Å²) in [5.74, 6) is -0.342. The van der Waals surface area contributed by atoms with Crippen LogP contribution in [0.25, 0.3) is 0 Å². The van der Waals surface area contributed by atoms with Gasteiger partial charge in [-0.3, -0.25) is 13.8 Å². The van der Waals surface area contributed by atoms with E-state index < -0.39 is 13.9 Å². The average Bonchev–Trinajstić information content (AvgIpc) is 3.12. The Labute approximate surface area is 313 Å². The van der Waals surface area contributed by atoms with Crippen molar-refractivity contribution in [3.8, 4) is 0 Å². The highest BCUT2D eigenvalue weighted by molar-refractivity contribution is 7.47. The summed E-state index contributed by atoms with van der Waals surface area (Å²) in [5, 5.41) is 0. The van der Waals surface area contributed by atoms with E-state index in [1.165, 1.54) is 83.5 Å². The summed E-state index contributed by atoms with van der Waals surface area (Å²) in [6.07, 6.45) is 45.6. The summed E-state index contributed by atoms with van der Waals surface area (Å²) in [6.45, 7) is 4.73. The number of ether oxygens (including phenoxy) is 2. The van der Waals surface area contributed by atoms with E-state index in [1.54, 1.807) is 0 Å². The van der Waals surface area contributed by atoms with Crippen LogP contribution in [0.1, 0.15) is 174 Å². The number of phosphoric ester groups is 1. The molecule has 2 atom stereocenters. The number of unbranched alkanes of at least 4 members (excludes halogenated alkanes) is 18. The van der Waals surface area contributed by atoms with E-state index in [9.17, 15) is 14.3 Å². The van der Waals surface area contributed by atoms with Gasteiger partial charge in [-0.05, 0) is 51.4 Å². The van der Waals surface area contributed by atoms with E-state index in [1.807, 2.05) is 0 Å². The Morgan fingerprint density at radius 2 is 1.10 bits per heavy atom. The van der Waals surface area contributed by atoms with Crippen LogP contribution in [-0.4, -0.2) is 49.9 Å². The quantitative estimate of drug-likeness (QED) is 0.0277. The molecule has 0 heterocycles. The third kappa shape index (κ3) is 39.5. The number of carbonyl (C=O) groups is 1. The highest BCUT2D eigenvalue weighted by Gasteiger charge is 2.25. The number of rotatable bonds is 39. The largest absolute Gasteiger partial charge is 0.472 e. The van der Waals surface area contributed by atoms with Crippen LogP contribution in [-0.2, 0) is 27.9 Å². The van der Waals surface area contributed by atoms with Crippen molar-refractivity contribution in [2.45, 2.75) is 180 Å². The predicted molar refractivity (Wildman–Crippen MR) is 215 cm³/mol. The first-order valence-electron chi connectivity index (χ1n) is 20.6. The first-order valence-corrected chi connectivity index (χ1v) is 22.1. The second-order valence-corrected chi connectivity index (χ2v) is 14.9. The van der Waals surface area contributed by atoms with Gasteiger partial charge in [0, 0.05) is 19.6 Å². The summed E-state index contributed by atoms with van der Waals surface area (Å²) in [7, 11) is -4.28. The molecule has 0 amide bonds. The van der Waals surface area contributed by atoms with E-state index in [2.05, 4.69) is 62.5 Å². The fraction of sp³-hybridized carbons (Fsp3) is 0.786. The highest BCUT2D eigenvalue weighted by atomic mass is 31.2. The average molecular weight is 740 g/mol. The third-order valence-corrected chi connectivity index (χ3v) is 9.49. The molecule has 51 heavy (non-hydrogen) atoms. The van der Waals surface area contributed by atoms with Crippen LogP contribution in [0, 0.1) is 0 Å². The van der Waals surface area contributed by atoms with E-state index >= 15 is 0 Å². The number of esters is 1. The maximum absolute atomic E-state index is 12.6. The molecule has 0 aromatic rings. The summed E-state index contributed by atoms with van der Waals surface area (Å²) < 4.78 is 33.3. The smallest absolute Gasteiger partial charge is 0.457 e. The zero-order chi connectivity index (χ0) is 37.4. The number of hydrogen-bond acceptors (Lipinski definition) is 7. The van der Waals surface area contributed by atoms with Gasteiger partial charge in [0.25, 0.3) is 0 Å². The summed E-state index contributed by atoms with van der Waals surface area (Å²) >= 11 is 0. The molecule has 0 saturated heterocycles. The first kappa shape index (κ1) is 49.5. The van der Waals surface area contributed by atoms with Gasteiger partial charge in [-0.1, -0.05) is 165 Å².